The van der Waals surface area contributed by atoms with Gasteiger partial charge in [0.1, 0.15) is 0 Å². The quantitative estimate of drug-likeness (QED) is 0.217. The zero-order valence-electron chi connectivity index (χ0n) is 21.2. The van der Waals surface area contributed by atoms with Crippen LogP contribution in [0.2, 0.25) is 0 Å². The van der Waals surface area contributed by atoms with E-state index in [9.17, 15) is 8.42 Å². The van der Waals surface area contributed by atoms with Gasteiger partial charge in [-0.1, -0.05) is 0 Å². The normalized spacial score (nSPS) is 13.1. The number of rotatable bonds is 5. The Bertz CT molecular complexity index is 1360. The van der Waals surface area contributed by atoms with Gasteiger partial charge in [-0.2, -0.15) is 0 Å². The average molecular weight is 601 g/mol. The van der Waals surface area contributed by atoms with Gasteiger partial charge in [-0.05, 0) is 0 Å². The van der Waals surface area contributed by atoms with E-state index in [4.69, 9.17) is 2.51 Å². The molecule has 0 radical (unpaired) electrons. The molecule has 0 aliphatic heterocycles. The van der Waals surface area contributed by atoms with Crippen LogP contribution in [0, 0.1) is 7.14 Å². The first kappa shape index (κ1) is 25.9. The van der Waals surface area contributed by atoms with Crippen LogP contribution in [0.1, 0.15) is 52.7 Å². The van der Waals surface area contributed by atoms with Gasteiger partial charge >= 0.3 is 219 Å². The molecule has 0 unspecified atom stereocenters. The van der Waals surface area contributed by atoms with Crippen LogP contribution in [-0.2, 0) is 23.5 Å². The Kier molecular flexibility index (Phi) is 7.15. The van der Waals surface area contributed by atoms with Gasteiger partial charge in [-0.3, -0.25) is 0 Å². The summed E-state index contributed by atoms with van der Waals surface area (Å²) in [5.41, 5.74) is 2.44. The molecule has 4 aromatic rings. The van der Waals surface area contributed by atoms with Crippen LogP contribution in [0.4, 0.5) is 0 Å². The molecule has 4 rings (SSSR count). The first-order valence-electron chi connectivity index (χ1n) is 11.7. The molecule has 0 heterocycles. The van der Waals surface area contributed by atoms with Crippen molar-refractivity contribution in [3.63, 3.8) is 0 Å². The number of benzene rings is 4. The molecule has 0 bridgehead atoms. The number of fused-ring (bicyclic) bond motifs is 1. The second-order valence-corrected chi connectivity index (χ2v) is 17.2. The summed E-state index contributed by atoms with van der Waals surface area (Å²) in [6.07, 6.45) is 0. The third-order valence-corrected chi connectivity index (χ3v) is 13.4. The summed E-state index contributed by atoms with van der Waals surface area (Å²) in [7, 11) is -3.99. The molecule has 5 heteroatoms. The number of hydrogen-bond acceptors (Lipinski definition) is 3. The summed E-state index contributed by atoms with van der Waals surface area (Å²) >= 11 is -2.79. The van der Waals surface area contributed by atoms with E-state index in [0.717, 1.165) is 12.5 Å². The summed E-state index contributed by atoms with van der Waals surface area (Å²) in [6, 6.07) is 29.4. The van der Waals surface area contributed by atoms with Crippen molar-refractivity contribution in [2.24, 2.45) is 0 Å². The van der Waals surface area contributed by atoms with Crippen molar-refractivity contribution in [1.29, 1.82) is 0 Å². The van der Waals surface area contributed by atoms with E-state index in [1.807, 2.05) is 54.6 Å². The third-order valence-electron chi connectivity index (χ3n) is 5.98. The van der Waals surface area contributed by atoms with E-state index in [1.165, 1.54) is 11.1 Å². The van der Waals surface area contributed by atoms with Gasteiger partial charge in [0.05, 0.1) is 0 Å². The molecule has 0 saturated carbocycles. The molecule has 0 saturated heterocycles. The van der Waals surface area contributed by atoms with E-state index in [0.29, 0.717) is 5.39 Å². The number of halogens is 1. The van der Waals surface area contributed by atoms with E-state index >= 15 is 0 Å². The molecule has 0 aromatic heterocycles. The predicted molar refractivity (Wildman–Crippen MR) is 154 cm³/mol. The molecule has 0 aliphatic carbocycles. The third kappa shape index (κ3) is 5.79. The molecule has 3 nitrogen and oxygen atoms in total. The van der Waals surface area contributed by atoms with Crippen LogP contribution in [0.25, 0.3) is 10.8 Å². The van der Waals surface area contributed by atoms with Crippen LogP contribution in [0.5, 0.6) is 0 Å². The molecular weight excluding hydrogens is 567 g/mol. The van der Waals surface area contributed by atoms with Crippen molar-refractivity contribution in [3.8, 4) is 0 Å². The van der Waals surface area contributed by atoms with Crippen molar-refractivity contribution >= 4 is 41.1 Å². The standard InChI is InChI=1S/C30H33IO3S/c1-29(2,3)23-14-18-25(19-15-23)31(26-20-16-24(17-21-26)30(4,5)6)34-35(32,33)28-13-9-11-22-10-7-8-12-27(22)28/h7-21H,1-6H3. The summed E-state index contributed by atoms with van der Waals surface area (Å²) in [5, 5.41) is 1.55. The Hall–Kier alpha value is -2.22. The summed E-state index contributed by atoms with van der Waals surface area (Å²) in [6.45, 7) is 13.0. The van der Waals surface area contributed by atoms with Gasteiger partial charge in [0.15, 0.2) is 0 Å². The fourth-order valence-electron chi connectivity index (χ4n) is 3.86. The van der Waals surface area contributed by atoms with Crippen LogP contribution < -0.4 is 0 Å². The van der Waals surface area contributed by atoms with E-state index in [2.05, 4.69) is 65.8 Å². The minimum absolute atomic E-state index is 0.0157. The Labute approximate surface area is 217 Å². The molecule has 0 aliphatic rings. The van der Waals surface area contributed by atoms with Crippen LogP contribution in [0.3, 0.4) is 0 Å². The zero-order chi connectivity index (χ0) is 25.4. The predicted octanol–water partition coefficient (Wildman–Crippen LogP) is 8.30. The van der Waals surface area contributed by atoms with Crippen molar-refractivity contribution in [1.82, 2.24) is 0 Å². The average Bonchev–Trinajstić information content (AvgIpc) is 2.81. The summed E-state index contributed by atoms with van der Waals surface area (Å²) < 4.78 is 35.4. The zero-order valence-corrected chi connectivity index (χ0v) is 24.1. The second kappa shape index (κ2) is 9.68. The summed E-state index contributed by atoms with van der Waals surface area (Å²) in [5.74, 6) is 0. The van der Waals surface area contributed by atoms with Crippen molar-refractivity contribution in [2.75, 3.05) is 0 Å². The topological polar surface area (TPSA) is 43.4 Å². The fourth-order valence-corrected chi connectivity index (χ4v) is 10.9. The van der Waals surface area contributed by atoms with Gasteiger partial charge in [-0.25, -0.2) is 0 Å². The molecule has 0 amide bonds. The minimum atomic E-state index is -3.99. The Morgan fingerprint density at radius 3 is 1.54 bits per heavy atom. The van der Waals surface area contributed by atoms with Gasteiger partial charge in [-0.15, -0.1) is 0 Å². The molecule has 0 N–H and O–H groups in total. The molecule has 35 heavy (non-hydrogen) atoms. The Balaban J connectivity index is 1.80. The maximum absolute atomic E-state index is 13.7. The fraction of sp³-hybridized carbons (Fsp3) is 0.267. The van der Waals surface area contributed by atoms with E-state index < -0.39 is 30.4 Å². The van der Waals surface area contributed by atoms with E-state index in [-0.39, 0.29) is 15.7 Å². The van der Waals surface area contributed by atoms with Gasteiger partial charge in [0.25, 0.3) is 0 Å². The number of hydrogen-bond donors (Lipinski definition) is 0. The van der Waals surface area contributed by atoms with Crippen LogP contribution in [-0.4, -0.2) is 8.42 Å². The maximum atomic E-state index is 13.7. The van der Waals surface area contributed by atoms with Crippen molar-refractivity contribution in [2.45, 2.75) is 57.3 Å². The monoisotopic (exact) mass is 600 g/mol. The Morgan fingerprint density at radius 2 is 1.06 bits per heavy atom. The second-order valence-electron chi connectivity index (χ2n) is 10.8. The SMILES string of the molecule is CC(C)(C)c1ccc(I(OS(=O)(=O)c2cccc3ccccc23)c2ccc(C(C)(C)C)cc2)cc1. The van der Waals surface area contributed by atoms with Gasteiger partial charge in [0, 0.05) is 0 Å². The molecular formula is C30H33IO3S. The first-order chi connectivity index (χ1) is 16.4. The van der Waals surface area contributed by atoms with Crippen LogP contribution in [0.15, 0.2) is 95.9 Å². The van der Waals surface area contributed by atoms with E-state index in [1.54, 1.807) is 12.1 Å². The molecule has 0 spiro atoms. The molecule has 0 fully saturated rings. The van der Waals surface area contributed by atoms with Crippen LogP contribution >= 0.6 is 20.2 Å². The molecule has 184 valence electrons. The van der Waals surface area contributed by atoms with Crippen molar-refractivity contribution < 1.29 is 10.9 Å². The summed E-state index contributed by atoms with van der Waals surface area (Å²) in [4.78, 5) is 0.218. The first-order valence-corrected chi connectivity index (χ1v) is 16.1. The Morgan fingerprint density at radius 1 is 0.600 bits per heavy atom. The molecule has 0 atom stereocenters. The van der Waals surface area contributed by atoms with Gasteiger partial charge in [0.2, 0.25) is 0 Å². The van der Waals surface area contributed by atoms with Crippen molar-refractivity contribution in [3.05, 3.63) is 109 Å². The van der Waals surface area contributed by atoms with Gasteiger partial charge < -0.3 is 0 Å². The molecule has 4 aromatic carbocycles.